The van der Waals surface area contributed by atoms with Crippen molar-refractivity contribution in [2.75, 3.05) is 6.61 Å². The maximum atomic E-state index is 14.5. The number of rotatable bonds is 9. The van der Waals surface area contributed by atoms with Crippen molar-refractivity contribution in [1.29, 1.82) is 0 Å². The summed E-state index contributed by atoms with van der Waals surface area (Å²) in [6.45, 7) is 4.17. The van der Waals surface area contributed by atoms with E-state index in [1.165, 1.54) is 6.07 Å². The van der Waals surface area contributed by atoms with E-state index >= 15 is 0 Å². The lowest BCUT2D eigenvalue weighted by molar-refractivity contribution is 0.160. The summed E-state index contributed by atoms with van der Waals surface area (Å²) in [7, 11) is 0. The van der Waals surface area contributed by atoms with Gasteiger partial charge in [0.15, 0.2) is 23.2 Å². The molecule has 0 saturated heterocycles. The Morgan fingerprint density at radius 1 is 1.00 bits per heavy atom. The van der Waals surface area contributed by atoms with Gasteiger partial charge in [0, 0.05) is 5.56 Å². The first kappa shape index (κ1) is 23.6. The van der Waals surface area contributed by atoms with Crippen LogP contribution in [-0.4, -0.2) is 11.7 Å². The van der Waals surface area contributed by atoms with Crippen molar-refractivity contribution in [2.24, 2.45) is 5.92 Å². The maximum absolute atomic E-state index is 14.5. The van der Waals surface area contributed by atoms with Crippen LogP contribution in [0.5, 0.6) is 5.75 Å². The minimum atomic E-state index is -0.962. The fourth-order valence-corrected chi connectivity index (χ4v) is 4.67. The molecule has 170 valence electrons. The Kier molecular flexibility index (Phi) is 8.42. The van der Waals surface area contributed by atoms with Gasteiger partial charge >= 0.3 is 0 Å². The van der Waals surface area contributed by atoms with Crippen LogP contribution in [0.25, 0.3) is 0 Å². The monoisotopic (exact) mass is 434 g/mol. The Morgan fingerprint density at radius 3 is 2.39 bits per heavy atom. The van der Waals surface area contributed by atoms with Gasteiger partial charge in [0.05, 0.1) is 12.7 Å². The van der Waals surface area contributed by atoms with E-state index in [0.29, 0.717) is 49.0 Å². The number of aliphatic hydroxyl groups excluding tert-OH is 1. The molecule has 1 unspecified atom stereocenters. The van der Waals surface area contributed by atoms with Gasteiger partial charge in [-0.15, -0.1) is 0 Å². The maximum Gasteiger partial charge on any atom is 0.165 e. The Labute approximate surface area is 183 Å². The SMILES string of the molecule is CCCC(O)c1ccc(CCC2CCC(c3ccc(OCC)c(F)c3)CC2)c(F)c1F. The zero-order valence-electron chi connectivity index (χ0n) is 18.5. The lowest BCUT2D eigenvalue weighted by Crippen LogP contribution is -2.15. The van der Waals surface area contributed by atoms with Crippen LogP contribution < -0.4 is 4.74 Å². The van der Waals surface area contributed by atoms with Gasteiger partial charge in [-0.3, -0.25) is 0 Å². The van der Waals surface area contributed by atoms with Crippen LogP contribution >= 0.6 is 0 Å². The highest BCUT2D eigenvalue weighted by Gasteiger charge is 2.24. The van der Waals surface area contributed by atoms with Crippen molar-refractivity contribution in [3.8, 4) is 5.75 Å². The third-order valence-corrected chi connectivity index (χ3v) is 6.51. The van der Waals surface area contributed by atoms with Crippen LogP contribution in [0.3, 0.4) is 0 Å². The highest BCUT2D eigenvalue weighted by molar-refractivity contribution is 5.32. The van der Waals surface area contributed by atoms with Crippen LogP contribution in [-0.2, 0) is 6.42 Å². The first-order valence-corrected chi connectivity index (χ1v) is 11.5. The van der Waals surface area contributed by atoms with Crippen molar-refractivity contribution in [3.05, 3.63) is 64.5 Å². The highest BCUT2D eigenvalue weighted by Crippen LogP contribution is 2.38. The van der Waals surface area contributed by atoms with E-state index in [-0.39, 0.29) is 11.4 Å². The molecule has 0 spiro atoms. The zero-order valence-corrected chi connectivity index (χ0v) is 18.5. The Morgan fingerprint density at radius 2 is 1.74 bits per heavy atom. The molecule has 2 aromatic carbocycles. The van der Waals surface area contributed by atoms with E-state index in [9.17, 15) is 18.3 Å². The van der Waals surface area contributed by atoms with Crippen molar-refractivity contribution >= 4 is 0 Å². The zero-order chi connectivity index (χ0) is 22.4. The van der Waals surface area contributed by atoms with Crippen LogP contribution in [0, 0.1) is 23.4 Å². The van der Waals surface area contributed by atoms with Crippen molar-refractivity contribution in [1.82, 2.24) is 0 Å². The highest BCUT2D eigenvalue weighted by atomic mass is 19.2. The molecule has 2 aromatic rings. The van der Waals surface area contributed by atoms with Gasteiger partial charge in [0.2, 0.25) is 0 Å². The van der Waals surface area contributed by atoms with Crippen molar-refractivity contribution < 1.29 is 23.0 Å². The summed E-state index contributed by atoms with van der Waals surface area (Å²) in [5, 5.41) is 9.99. The predicted octanol–water partition coefficient (Wildman–Crippen LogP) is 7.24. The summed E-state index contributed by atoms with van der Waals surface area (Å²) in [4.78, 5) is 0. The number of aliphatic hydroxyl groups is 1. The fraction of sp³-hybridized carbons (Fsp3) is 0.538. The van der Waals surface area contributed by atoms with Crippen molar-refractivity contribution in [3.63, 3.8) is 0 Å². The van der Waals surface area contributed by atoms with Crippen LogP contribution in [0.1, 0.15) is 87.5 Å². The average Bonchev–Trinajstić information content (AvgIpc) is 2.77. The predicted molar refractivity (Wildman–Crippen MR) is 117 cm³/mol. The Balaban J connectivity index is 1.54. The minimum absolute atomic E-state index is 0.0474. The molecule has 1 aliphatic carbocycles. The van der Waals surface area contributed by atoms with E-state index < -0.39 is 17.7 Å². The van der Waals surface area contributed by atoms with E-state index in [0.717, 1.165) is 37.7 Å². The average molecular weight is 435 g/mol. The minimum Gasteiger partial charge on any atom is -0.491 e. The summed E-state index contributed by atoms with van der Waals surface area (Å²) in [5.41, 5.74) is 1.43. The molecule has 0 aliphatic heterocycles. The number of hydrogen-bond acceptors (Lipinski definition) is 2. The largest absolute Gasteiger partial charge is 0.491 e. The summed E-state index contributed by atoms with van der Waals surface area (Å²) < 4.78 is 48.3. The molecule has 0 heterocycles. The number of aryl methyl sites for hydroxylation is 1. The number of halogens is 3. The number of benzene rings is 2. The number of ether oxygens (including phenoxy) is 1. The third-order valence-electron chi connectivity index (χ3n) is 6.51. The van der Waals surface area contributed by atoms with Gasteiger partial charge in [-0.25, -0.2) is 13.2 Å². The van der Waals surface area contributed by atoms with Gasteiger partial charge in [-0.05, 0) is 87.0 Å². The van der Waals surface area contributed by atoms with Crippen LogP contribution in [0.15, 0.2) is 30.3 Å². The first-order chi connectivity index (χ1) is 14.9. The second kappa shape index (κ2) is 11.0. The van der Waals surface area contributed by atoms with E-state index in [2.05, 4.69) is 0 Å². The standard InChI is InChI=1S/C26H33F3O2/c1-3-5-23(30)21-14-12-19(25(28)26(21)29)11-8-17-6-9-18(10-7-17)20-13-15-24(31-4-2)22(27)16-20/h12-18,23,30H,3-11H2,1-2H3. The molecule has 1 atom stereocenters. The molecule has 0 radical (unpaired) electrons. The molecule has 0 aromatic heterocycles. The molecule has 0 bridgehead atoms. The third kappa shape index (κ3) is 5.82. The topological polar surface area (TPSA) is 29.5 Å². The first-order valence-electron chi connectivity index (χ1n) is 11.5. The second-order valence-electron chi connectivity index (χ2n) is 8.63. The molecule has 5 heteroatoms. The molecule has 3 rings (SSSR count). The summed E-state index contributed by atoms with van der Waals surface area (Å²) in [5.74, 6) is -0.980. The quantitative estimate of drug-likeness (QED) is 0.451. The van der Waals surface area contributed by atoms with Crippen LogP contribution in [0.4, 0.5) is 13.2 Å². The lowest BCUT2D eigenvalue weighted by atomic mass is 9.77. The molecule has 1 fully saturated rings. The molecule has 0 amide bonds. The molecular formula is C26H33F3O2. The second-order valence-corrected chi connectivity index (χ2v) is 8.63. The Bertz CT molecular complexity index is 860. The van der Waals surface area contributed by atoms with E-state index in [1.807, 2.05) is 19.9 Å². The van der Waals surface area contributed by atoms with E-state index in [4.69, 9.17) is 4.74 Å². The normalized spacial score (nSPS) is 19.9. The smallest absolute Gasteiger partial charge is 0.165 e. The molecular weight excluding hydrogens is 401 g/mol. The molecule has 2 nitrogen and oxygen atoms in total. The molecule has 31 heavy (non-hydrogen) atoms. The molecule has 1 aliphatic rings. The molecule has 1 N–H and O–H groups in total. The molecule has 1 saturated carbocycles. The van der Waals surface area contributed by atoms with Gasteiger partial charge < -0.3 is 9.84 Å². The van der Waals surface area contributed by atoms with Gasteiger partial charge in [-0.2, -0.15) is 0 Å². The lowest BCUT2D eigenvalue weighted by Gasteiger charge is -2.29. The Hall–Kier alpha value is -2.01. The van der Waals surface area contributed by atoms with E-state index in [1.54, 1.807) is 18.2 Å². The van der Waals surface area contributed by atoms with Gasteiger partial charge in [0.1, 0.15) is 0 Å². The summed E-state index contributed by atoms with van der Waals surface area (Å²) in [6.07, 6.45) is 5.38. The van der Waals surface area contributed by atoms with Gasteiger partial charge in [0.25, 0.3) is 0 Å². The summed E-state index contributed by atoms with van der Waals surface area (Å²) >= 11 is 0. The van der Waals surface area contributed by atoms with Crippen LogP contribution in [0.2, 0.25) is 0 Å². The summed E-state index contributed by atoms with van der Waals surface area (Å²) in [6, 6.07) is 8.37. The number of hydrogen-bond donors (Lipinski definition) is 1. The van der Waals surface area contributed by atoms with Gasteiger partial charge in [-0.1, -0.05) is 31.5 Å². The fourth-order valence-electron chi connectivity index (χ4n) is 4.67. The van der Waals surface area contributed by atoms with Crippen molar-refractivity contribution in [2.45, 2.75) is 77.2 Å².